The van der Waals surface area contributed by atoms with Crippen molar-refractivity contribution in [2.24, 2.45) is 0 Å². The van der Waals surface area contributed by atoms with Crippen LogP contribution in [0.3, 0.4) is 0 Å². The fourth-order valence-corrected chi connectivity index (χ4v) is 3.98. The molecule has 1 atom stereocenters. The van der Waals surface area contributed by atoms with Gasteiger partial charge in [-0.2, -0.15) is 0 Å². The molecule has 0 aromatic heterocycles. The highest BCUT2D eigenvalue weighted by molar-refractivity contribution is 5.32. The van der Waals surface area contributed by atoms with Gasteiger partial charge in [0.1, 0.15) is 5.75 Å². The van der Waals surface area contributed by atoms with Gasteiger partial charge in [-0.05, 0) is 50.5 Å². The maximum atomic E-state index is 6.73. The van der Waals surface area contributed by atoms with Crippen LogP contribution in [0.4, 0.5) is 0 Å². The Balaban J connectivity index is 0.00000480. The number of hydrogen-bond acceptors (Lipinski definition) is 2. The van der Waals surface area contributed by atoms with Crippen LogP contribution in [0.1, 0.15) is 70.4 Å². The third-order valence-electron chi connectivity index (χ3n) is 6.08. The molecule has 0 aliphatic heterocycles. The van der Waals surface area contributed by atoms with Crippen molar-refractivity contribution in [2.75, 3.05) is 27.2 Å². The lowest BCUT2D eigenvalue weighted by Crippen LogP contribution is -3.00. The van der Waals surface area contributed by atoms with E-state index >= 15 is 0 Å². The maximum Gasteiger partial charge on any atom is 0.390 e. The van der Waals surface area contributed by atoms with Crippen molar-refractivity contribution < 1.29 is 26.4 Å². The van der Waals surface area contributed by atoms with E-state index in [-0.39, 0.29) is 12.4 Å². The van der Waals surface area contributed by atoms with Crippen LogP contribution in [0.25, 0.3) is 0 Å². The zero-order chi connectivity index (χ0) is 21.9. The van der Waals surface area contributed by atoms with Crippen LogP contribution < -0.4 is 17.1 Å². The van der Waals surface area contributed by atoms with Crippen LogP contribution in [-0.4, -0.2) is 31.7 Å². The summed E-state index contributed by atoms with van der Waals surface area (Å²) in [6, 6.07) is 18.8. The molecular weight excluding hydrogens is 406 g/mol. The lowest BCUT2D eigenvalue weighted by Gasteiger charge is -2.46. The number of aryl methyl sites for hydroxylation is 1. The monoisotopic (exact) mass is 447 g/mol. The minimum absolute atomic E-state index is 0. The van der Waals surface area contributed by atoms with Crippen LogP contribution in [0.15, 0.2) is 54.6 Å². The van der Waals surface area contributed by atoms with Gasteiger partial charge in [-0.25, -0.2) is 0 Å². The van der Waals surface area contributed by atoms with Gasteiger partial charge in [0, 0.05) is 0 Å². The second kappa shape index (κ2) is 13.8. The third-order valence-corrected chi connectivity index (χ3v) is 6.08. The smallest absolute Gasteiger partial charge is 0.390 e. The molecule has 2 aromatic carbocycles. The molecular formula is C27H42ClNO2. The molecule has 0 amide bonds. The number of para-hydroxylation sites is 1. The van der Waals surface area contributed by atoms with Crippen molar-refractivity contribution in [3.63, 3.8) is 0 Å². The third kappa shape index (κ3) is 7.24. The minimum atomic E-state index is -0.885. The number of benzene rings is 2. The number of halogens is 1. The Bertz CT molecular complexity index is 735. The highest BCUT2D eigenvalue weighted by Gasteiger charge is 2.52. The van der Waals surface area contributed by atoms with Gasteiger partial charge in [0.2, 0.25) is 0 Å². The second-order valence-corrected chi connectivity index (χ2v) is 8.61. The van der Waals surface area contributed by atoms with Crippen LogP contribution in [-0.2, 0) is 17.1 Å². The Morgan fingerprint density at radius 2 is 1.39 bits per heavy atom. The van der Waals surface area contributed by atoms with Crippen molar-refractivity contribution in [2.45, 2.75) is 71.6 Å². The van der Waals surface area contributed by atoms with E-state index < -0.39 is 5.91 Å². The molecule has 0 spiro atoms. The SMILES string of the molecule is CCCCCCCCc1ccccc1C(OCC)(Oc1ccccc1)[N+](C)(C)CC.[Cl-]. The van der Waals surface area contributed by atoms with Gasteiger partial charge in [-0.15, -0.1) is 0 Å². The first kappa shape index (κ1) is 27.5. The van der Waals surface area contributed by atoms with E-state index in [1.807, 2.05) is 30.3 Å². The highest BCUT2D eigenvalue weighted by atomic mass is 35.5. The summed E-state index contributed by atoms with van der Waals surface area (Å²) in [7, 11) is 4.39. The Hall–Kier alpha value is -1.55. The summed E-state index contributed by atoms with van der Waals surface area (Å²) in [6.45, 7) is 7.98. The van der Waals surface area contributed by atoms with E-state index in [1.54, 1.807) is 0 Å². The summed E-state index contributed by atoms with van der Waals surface area (Å²) in [5, 5.41) is 0. The highest BCUT2D eigenvalue weighted by Crippen LogP contribution is 2.39. The van der Waals surface area contributed by atoms with Crippen molar-refractivity contribution in [3.05, 3.63) is 65.7 Å². The average Bonchev–Trinajstić information content (AvgIpc) is 2.76. The number of ether oxygens (including phenoxy) is 2. The maximum absolute atomic E-state index is 6.73. The number of quaternary nitrogens is 1. The molecule has 0 saturated carbocycles. The summed E-state index contributed by atoms with van der Waals surface area (Å²) in [5.41, 5.74) is 2.48. The van der Waals surface area contributed by atoms with Crippen LogP contribution in [0.5, 0.6) is 5.75 Å². The van der Waals surface area contributed by atoms with E-state index in [4.69, 9.17) is 9.47 Å². The summed E-state index contributed by atoms with van der Waals surface area (Å²) >= 11 is 0. The summed E-state index contributed by atoms with van der Waals surface area (Å²) in [5.74, 6) is -0.0520. The van der Waals surface area contributed by atoms with Crippen LogP contribution >= 0.6 is 0 Å². The van der Waals surface area contributed by atoms with E-state index in [9.17, 15) is 0 Å². The Kier molecular flexibility index (Phi) is 12.2. The van der Waals surface area contributed by atoms with Crippen molar-refractivity contribution in [1.29, 1.82) is 0 Å². The quantitative estimate of drug-likeness (QED) is 0.248. The van der Waals surface area contributed by atoms with E-state index in [0.717, 1.165) is 24.3 Å². The molecule has 0 N–H and O–H groups in total. The molecule has 31 heavy (non-hydrogen) atoms. The lowest BCUT2D eigenvalue weighted by molar-refractivity contribution is -1.000. The van der Waals surface area contributed by atoms with E-state index in [2.05, 4.69) is 59.1 Å². The van der Waals surface area contributed by atoms with Gasteiger partial charge in [-0.1, -0.05) is 75.4 Å². The molecule has 0 fully saturated rings. The zero-order valence-electron chi connectivity index (χ0n) is 20.2. The minimum Gasteiger partial charge on any atom is -1.00 e. The number of nitrogens with zero attached hydrogens (tertiary/aromatic N) is 1. The molecule has 0 bridgehead atoms. The molecule has 0 radical (unpaired) electrons. The molecule has 1 unspecified atom stereocenters. The lowest BCUT2D eigenvalue weighted by atomic mass is 9.96. The molecule has 4 heteroatoms. The Labute approximate surface area is 196 Å². The van der Waals surface area contributed by atoms with Gasteiger partial charge >= 0.3 is 5.91 Å². The van der Waals surface area contributed by atoms with E-state index in [1.165, 1.54) is 44.1 Å². The number of hydrogen-bond donors (Lipinski definition) is 0. The van der Waals surface area contributed by atoms with Crippen molar-refractivity contribution >= 4 is 0 Å². The van der Waals surface area contributed by atoms with Crippen molar-refractivity contribution in [1.82, 2.24) is 0 Å². The molecule has 0 aliphatic carbocycles. The van der Waals surface area contributed by atoms with Gasteiger partial charge in [0.25, 0.3) is 0 Å². The summed E-state index contributed by atoms with van der Waals surface area (Å²) in [4.78, 5) is 0. The zero-order valence-corrected chi connectivity index (χ0v) is 21.0. The van der Waals surface area contributed by atoms with Gasteiger partial charge in [0.15, 0.2) is 0 Å². The molecule has 0 saturated heterocycles. The normalized spacial score (nSPS) is 13.3. The first-order valence-electron chi connectivity index (χ1n) is 11.8. The van der Waals surface area contributed by atoms with Gasteiger partial charge in [0.05, 0.1) is 32.8 Å². The first-order valence-corrected chi connectivity index (χ1v) is 11.8. The largest absolute Gasteiger partial charge is 1.00 e. The molecule has 2 aromatic rings. The molecule has 2 rings (SSSR count). The average molecular weight is 448 g/mol. The molecule has 3 nitrogen and oxygen atoms in total. The molecule has 0 aliphatic rings. The Morgan fingerprint density at radius 3 is 2.03 bits per heavy atom. The van der Waals surface area contributed by atoms with Crippen molar-refractivity contribution in [3.8, 4) is 5.75 Å². The predicted molar refractivity (Wildman–Crippen MR) is 127 cm³/mol. The standard InChI is InChI=1S/C27H42NO2.ClH/c1-6-9-10-11-12-14-19-24-20-17-18-23-26(24)27(29-8-3,28(4,5)7-2)30-25-21-15-13-16-22-25;/h13,15-18,20-23H,6-12,14,19H2,1-5H3;1H/q+1;/p-1. The van der Waals surface area contributed by atoms with E-state index in [0.29, 0.717) is 11.1 Å². The molecule has 0 heterocycles. The molecule has 174 valence electrons. The predicted octanol–water partition coefficient (Wildman–Crippen LogP) is 3.92. The van der Waals surface area contributed by atoms with Gasteiger partial charge in [-0.3, -0.25) is 9.22 Å². The van der Waals surface area contributed by atoms with Crippen LogP contribution in [0, 0.1) is 0 Å². The second-order valence-electron chi connectivity index (χ2n) is 8.61. The fourth-order valence-electron chi connectivity index (χ4n) is 3.98. The first-order chi connectivity index (χ1) is 14.5. The fraction of sp³-hybridized carbons (Fsp3) is 0.556. The van der Waals surface area contributed by atoms with Crippen LogP contribution in [0.2, 0.25) is 0 Å². The number of unbranched alkanes of at least 4 members (excludes halogenated alkanes) is 5. The van der Waals surface area contributed by atoms with Gasteiger partial charge < -0.3 is 17.1 Å². The summed E-state index contributed by atoms with van der Waals surface area (Å²) in [6.07, 6.45) is 8.84. The summed E-state index contributed by atoms with van der Waals surface area (Å²) < 4.78 is 13.8. The topological polar surface area (TPSA) is 18.5 Å². The Morgan fingerprint density at radius 1 is 0.774 bits per heavy atom. The number of rotatable bonds is 14.